The van der Waals surface area contributed by atoms with Crippen molar-refractivity contribution < 1.29 is 19.5 Å². The van der Waals surface area contributed by atoms with Crippen molar-refractivity contribution in [2.75, 3.05) is 0 Å². The molecule has 0 aliphatic heterocycles. The van der Waals surface area contributed by atoms with E-state index in [1.165, 1.54) is 0 Å². The number of quaternary nitrogens is 1. The summed E-state index contributed by atoms with van der Waals surface area (Å²) in [6.07, 6.45) is -0.722. The van der Waals surface area contributed by atoms with Gasteiger partial charge < -0.3 is 15.1 Å². The van der Waals surface area contributed by atoms with Crippen LogP contribution < -0.4 is 5.11 Å². The third-order valence-corrected chi connectivity index (χ3v) is 4.30. The standard InChI is InChI=1S/C10H21NO2.C8H17NO/c1-7(2)11(8(3)4,9(5)6)10(12)13;1-6(2)9(7(3)4)8(5)10/h7-9H,1-6H3;6-7,10H,5H2,1-4H3. The minimum absolute atomic E-state index is 0.0926. The summed E-state index contributed by atoms with van der Waals surface area (Å²) in [7, 11) is 0. The Morgan fingerprint density at radius 1 is 0.870 bits per heavy atom. The van der Waals surface area contributed by atoms with Gasteiger partial charge in [0.15, 0.2) is 0 Å². The average Bonchev–Trinajstić information content (AvgIpc) is 2.25. The van der Waals surface area contributed by atoms with Crippen LogP contribution in [-0.2, 0) is 0 Å². The van der Waals surface area contributed by atoms with E-state index in [-0.39, 0.29) is 40.6 Å². The second kappa shape index (κ2) is 9.81. The maximum absolute atomic E-state index is 11.3. The average molecular weight is 331 g/mol. The fourth-order valence-corrected chi connectivity index (χ4v) is 3.62. The fraction of sp³-hybridized carbons (Fsp3) is 0.833. The fourth-order valence-electron chi connectivity index (χ4n) is 3.62. The van der Waals surface area contributed by atoms with Crippen molar-refractivity contribution in [3.8, 4) is 0 Å². The molecule has 0 aromatic heterocycles. The lowest BCUT2D eigenvalue weighted by Crippen LogP contribution is -2.64. The summed E-state index contributed by atoms with van der Waals surface area (Å²) < 4.78 is 0.139. The molecule has 0 radical (unpaired) electrons. The van der Waals surface area contributed by atoms with Gasteiger partial charge >= 0.3 is 6.09 Å². The molecule has 0 spiro atoms. The lowest BCUT2D eigenvalue weighted by atomic mass is 10.1. The molecule has 0 saturated carbocycles. The molecule has 0 aliphatic rings. The Labute approximate surface area is 143 Å². The SMILES string of the molecule is C=C([O-])N(C(C)C)C(C)C.CC(C)[N+](C(=O)O)(C(C)C)C(C)C. The number of carbonyl (C=O) groups is 1. The highest BCUT2D eigenvalue weighted by Crippen LogP contribution is 2.24. The molecule has 0 aromatic carbocycles. The summed E-state index contributed by atoms with van der Waals surface area (Å²) in [5.41, 5.74) is 0. The van der Waals surface area contributed by atoms with Gasteiger partial charge in [-0.2, -0.15) is 4.79 Å². The smallest absolute Gasteiger partial charge is 0.514 e. The van der Waals surface area contributed by atoms with Crippen molar-refractivity contribution >= 4 is 6.09 Å². The molecule has 1 amide bonds. The molecule has 0 atom stereocenters. The number of hydrogen-bond donors (Lipinski definition) is 1. The molecule has 1 N–H and O–H groups in total. The molecule has 0 bridgehead atoms. The first-order chi connectivity index (χ1) is 10.2. The van der Waals surface area contributed by atoms with Gasteiger partial charge in [0.25, 0.3) is 0 Å². The molecule has 0 unspecified atom stereocenters. The van der Waals surface area contributed by atoms with Crippen LogP contribution in [0.15, 0.2) is 12.5 Å². The summed E-state index contributed by atoms with van der Waals surface area (Å²) in [6.45, 7) is 23.1. The highest BCUT2D eigenvalue weighted by molar-refractivity contribution is 5.57. The van der Waals surface area contributed by atoms with Crippen LogP contribution in [0.5, 0.6) is 0 Å². The van der Waals surface area contributed by atoms with Crippen LogP contribution >= 0.6 is 0 Å². The first-order valence-electron chi connectivity index (χ1n) is 8.50. The van der Waals surface area contributed by atoms with E-state index in [2.05, 4.69) is 6.58 Å². The third-order valence-electron chi connectivity index (χ3n) is 4.30. The number of rotatable bonds is 6. The molecular formula is C18H38N2O3. The zero-order chi connectivity index (χ0) is 19.1. The largest absolute Gasteiger partial charge is 0.861 e. The van der Waals surface area contributed by atoms with E-state index >= 15 is 0 Å². The van der Waals surface area contributed by atoms with Gasteiger partial charge in [-0.15, -0.1) is 0 Å². The maximum atomic E-state index is 11.3. The summed E-state index contributed by atoms with van der Waals surface area (Å²) in [5.74, 6) is -0.0926. The molecule has 138 valence electrons. The van der Waals surface area contributed by atoms with E-state index in [0.717, 1.165) is 0 Å². The first kappa shape index (κ1) is 24.0. The van der Waals surface area contributed by atoms with Crippen molar-refractivity contribution in [1.29, 1.82) is 0 Å². The predicted octanol–water partition coefficient (Wildman–Crippen LogP) is 3.64. The molecule has 0 fully saturated rings. The van der Waals surface area contributed by atoms with Crippen LogP contribution in [0.1, 0.15) is 69.2 Å². The molecule has 0 aromatic rings. The lowest BCUT2D eigenvalue weighted by Gasteiger charge is -2.43. The van der Waals surface area contributed by atoms with Crippen molar-refractivity contribution in [3.05, 3.63) is 12.5 Å². The van der Waals surface area contributed by atoms with E-state index in [0.29, 0.717) is 0 Å². The molecule has 23 heavy (non-hydrogen) atoms. The second-order valence-corrected chi connectivity index (χ2v) is 7.39. The molecule has 0 rings (SSSR count). The molecular weight excluding hydrogens is 292 g/mol. The van der Waals surface area contributed by atoms with Crippen LogP contribution in [0.2, 0.25) is 0 Å². The van der Waals surface area contributed by atoms with Crippen LogP contribution in [0.4, 0.5) is 4.79 Å². The van der Waals surface area contributed by atoms with Gasteiger partial charge in [0.2, 0.25) is 0 Å². The summed E-state index contributed by atoms with van der Waals surface area (Å²) >= 11 is 0. The Hall–Kier alpha value is -1.23. The summed E-state index contributed by atoms with van der Waals surface area (Å²) in [6, 6.07) is 0.836. The van der Waals surface area contributed by atoms with Gasteiger partial charge in [-0.3, -0.25) is 0 Å². The third kappa shape index (κ3) is 6.05. The van der Waals surface area contributed by atoms with E-state index in [4.69, 9.17) is 0 Å². The van der Waals surface area contributed by atoms with Gasteiger partial charge in [0.1, 0.15) is 0 Å². The quantitative estimate of drug-likeness (QED) is 0.596. The summed E-state index contributed by atoms with van der Waals surface area (Å²) in [5, 5.41) is 20.1. The Bertz CT molecular complexity index is 345. The zero-order valence-corrected chi connectivity index (χ0v) is 16.8. The number of hydrogen-bond acceptors (Lipinski definition) is 3. The van der Waals surface area contributed by atoms with Crippen molar-refractivity contribution in [2.45, 2.75) is 99.4 Å². The summed E-state index contributed by atoms with van der Waals surface area (Å²) in [4.78, 5) is 13.1. The van der Waals surface area contributed by atoms with Crippen molar-refractivity contribution in [3.63, 3.8) is 0 Å². The molecule has 5 heteroatoms. The predicted molar refractivity (Wildman–Crippen MR) is 94.9 cm³/mol. The topological polar surface area (TPSA) is 63.6 Å². The Morgan fingerprint density at radius 3 is 1.13 bits per heavy atom. The van der Waals surface area contributed by atoms with Crippen LogP contribution in [-0.4, -0.2) is 50.8 Å². The van der Waals surface area contributed by atoms with Crippen molar-refractivity contribution in [2.24, 2.45) is 0 Å². The molecule has 0 aliphatic carbocycles. The van der Waals surface area contributed by atoms with E-state index in [1.54, 1.807) is 4.90 Å². The highest BCUT2D eigenvalue weighted by Gasteiger charge is 2.45. The van der Waals surface area contributed by atoms with Crippen LogP contribution in [0, 0.1) is 0 Å². The minimum Gasteiger partial charge on any atom is -0.861 e. The maximum Gasteiger partial charge on any atom is 0.514 e. The van der Waals surface area contributed by atoms with Gasteiger partial charge in [-0.05, 0) is 75.1 Å². The Morgan fingerprint density at radius 2 is 1.13 bits per heavy atom. The Balaban J connectivity index is 0. The molecule has 5 nitrogen and oxygen atoms in total. The minimum atomic E-state index is -0.722. The normalized spacial score (nSPS) is 12.0. The number of nitrogens with zero attached hydrogens (tertiary/aromatic N) is 2. The molecule has 0 heterocycles. The van der Waals surface area contributed by atoms with E-state index in [9.17, 15) is 15.0 Å². The first-order valence-corrected chi connectivity index (χ1v) is 8.50. The van der Waals surface area contributed by atoms with Gasteiger partial charge in [0, 0.05) is 12.1 Å². The zero-order valence-electron chi connectivity index (χ0n) is 16.8. The van der Waals surface area contributed by atoms with Crippen LogP contribution in [0.25, 0.3) is 0 Å². The van der Waals surface area contributed by atoms with E-state index < -0.39 is 6.09 Å². The Kier molecular flexibility index (Phi) is 10.2. The van der Waals surface area contributed by atoms with Gasteiger partial charge in [-0.1, -0.05) is 6.58 Å². The van der Waals surface area contributed by atoms with E-state index in [1.807, 2.05) is 69.2 Å². The second-order valence-electron chi connectivity index (χ2n) is 7.39. The highest BCUT2D eigenvalue weighted by atomic mass is 16.4. The number of amides is 1. The monoisotopic (exact) mass is 330 g/mol. The van der Waals surface area contributed by atoms with Crippen molar-refractivity contribution in [1.82, 2.24) is 4.90 Å². The lowest BCUT2D eigenvalue weighted by molar-refractivity contribution is -0.918. The van der Waals surface area contributed by atoms with Crippen LogP contribution in [0.3, 0.4) is 0 Å². The van der Waals surface area contributed by atoms with Gasteiger partial charge in [-0.25, -0.2) is 4.48 Å². The van der Waals surface area contributed by atoms with Gasteiger partial charge in [0.05, 0.1) is 18.1 Å². The molecule has 0 saturated heterocycles. The number of carboxylic acid groups (broad SMARTS) is 1.